The second-order valence-electron chi connectivity index (χ2n) is 5.23. The van der Waals surface area contributed by atoms with Gasteiger partial charge in [-0.2, -0.15) is 4.98 Å². The zero-order chi connectivity index (χ0) is 16.1. The number of nitrogens with one attached hydrogen (secondary N) is 1. The first-order chi connectivity index (χ1) is 10.5. The zero-order valence-corrected chi connectivity index (χ0v) is 12.6. The van der Waals surface area contributed by atoms with Gasteiger partial charge in [0.05, 0.1) is 0 Å². The van der Waals surface area contributed by atoms with E-state index in [4.69, 9.17) is 5.73 Å². The van der Waals surface area contributed by atoms with Crippen molar-refractivity contribution in [2.24, 2.45) is 0 Å². The first kappa shape index (κ1) is 16.1. The van der Waals surface area contributed by atoms with Crippen LogP contribution < -0.4 is 11.1 Å². The summed E-state index contributed by atoms with van der Waals surface area (Å²) in [7, 11) is 3.99. The van der Waals surface area contributed by atoms with Crippen LogP contribution in [0.15, 0.2) is 24.4 Å². The van der Waals surface area contributed by atoms with Crippen LogP contribution in [0.25, 0.3) is 0 Å². The molecule has 0 saturated heterocycles. The largest absolute Gasteiger partial charge is 0.383 e. The highest BCUT2D eigenvalue weighted by atomic mass is 19.1. The monoisotopic (exact) mass is 307 g/mol. The molecule has 0 radical (unpaired) electrons. The van der Waals surface area contributed by atoms with Crippen LogP contribution in [0.1, 0.15) is 12.0 Å². The molecule has 0 aliphatic rings. The number of anilines is 3. The predicted octanol–water partition coefficient (Wildman–Crippen LogP) is 2.57. The van der Waals surface area contributed by atoms with Crippen LogP contribution in [-0.4, -0.2) is 35.5 Å². The Kier molecular flexibility index (Phi) is 5.21. The third-order valence-corrected chi connectivity index (χ3v) is 3.15. The van der Waals surface area contributed by atoms with Gasteiger partial charge in [0.1, 0.15) is 23.1 Å². The van der Waals surface area contributed by atoms with E-state index in [1.54, 1.807) is 6.20 Å². The van der Waals surface area contributed by atoms with Crippen LogP contribution >= 0.6 is 0 Å². The summed E-state index contributed by atoms with van der Waals surface area (Å²) in [5.41, 5.74) is 6.41. The molecule has 0 unspecified atom stereocenters. The molecular weight excluding hydrogens is 288 g/mol. The number of nitrogens with zero attached hydrogens (tertiary/aromatic N) is 3. The van der Waals surface area contributed by atoms with Crippen molar-refractivity contribution in [1.29, 1.82) is 0 Å². The lowest BCUT2D eigenvalue weighted by Crippen LogP contribution is -2.14. The Labute approximate surface area is 128 Å². The molecule has 7 heteroatoms. The van der Waals surface area contributed by atoms with Crippen LogP contribution in [0.3, 0.4) is 0 Å². The van der Waals surface area contributed by atoms with Crippen molar-refractivity contribution >= 4 is 17.5 Å². The fraction of sp³-hybridized carbons (Fsp3) is 0.333. The Morgan fingerprint density at radius 1 is 1.23 bits per heavy atom. The summed E-state index contributed by atoms with van der Waals surface area (Å²) in [4.78, 5) is 10.2. The van der Waals surface area contributed by atoms with E-state index in [1.165, 1.54) is 6.07 Å². The second-order valence-corrected chi connectivity index (χ2v) is 5.23. The standard InChI is InChI=1S/C15H19F2N5/c1-22(2)8-4-5-10-9-19-15(21-14(10)18)20-13-11(16)6-3-7-12(13)17/h3,6-7,9H,4-5,8H2,1-2H3,(H3,18,19,20,21). The summed E-state index contributed by atoms with van der Waals surface area (Å²) in [5, 5.41) is 2.52. The molecule has 2 aromatic rings. The lowest BCUT2D eigenvalue weighted by Gasteiger charge is -2.11. The lowest BCUT2D eigenvalue weighted by atomic mass is 10.1. The van der Waals surface area contributed by atoms with E-state index >= 15 is 0 Å². The fourth-order valence-electron chi connectivity index (χ4n) is 1.99. The number of hydrogen-bond acceptors (Lipinski definition) is 5. The Balaban J connectivity index is 2.09. The molecule has 5 nitrogen and oxygen atoms in total. The molecule has 0 saturated carbocycles. The van der Waals surface area contributed by atoms with Gasteiger partial charge in [-0.1, -0.05) is 6.07 Å². The summed E-state index contributed by atoms with van der Waals surface area (Å²) >= 11 is 0. The van der Waals surface area contributed by atoms with Crippen molar-refractivity contribution in [2.45, 2.75) is 12.8 Å². The summed E-state index contributed by atoms with van der Waals surface area (Å²) in [6.45, 7) is 0.930. The van der Waals surface area contributed by atoms with Crippen molar-refractivity contribution in [3.63, 3.8) is 0 Å². The molecule has 0 amide bonds. The molecule has 0 spiro atoms. The average molecular weight is 307 g/mol. The number of nitrogens with two attached hydrogens (primary N) is 1. The highest BCUT2D eigenvalue weighted by Gasteiger charge is 2.11. The third kappa shape index (κ3) is 4.11. The number of halogens is 2. The van der Waals surface area contributed by atoms with E-state index < -0.39 is 11.6 Å². The summed E-state index contributed by atoms with van der Waals surface area (Å²) in [6.07, 6.45) is 3.26. The summed E-state index contributed by atoms with van der Waals surface area (Å²) in [6, 6.07) is 3.60. The van der Waals surface area contributed by atoms with Gasteiger partial charge in [0.25, 0.3) is 0 Å². The van der Waals surface area contributed by atoms with Crippen molar-refractivity contribution in [3.05, 3.63) is 41.6 Å². The van der Waals surface area contributed by atoms with Crippen LogP contribution in [0, 0.1) is 11.6 Å². The van der Waals surface area contributed by atoms with Gasteiger partial charge in [-0.3, -0.25) is 0 Å². The van der Waals surface area contributed by atoms with E-state index in [-0.39, 0.29) is 11.6 Å². The van der Waals surface area contributed by atoms with Crippen LogP contribution in [-0.2, 0) is 6.42 Å². The fourth-order valence-corrected chi connectivity index (χ4v) is 1.99. The minimum absolute atomic E-state index is 0.0675. The molecule has 0 aliphatic carbocycles. The molecule has 3 N–H and O–H groups in total. The minimum atomic E-state index is -0.711. The first-order valence-corrected chi connectivity index (χ1v) is 6.94. The molecule has 0 atom stereocenters. The van der Waals surface area contributed by atoms with Crippen molar-refractivity contribution in [1.82, 2.24) is 14.9 Å². The lowest BCUT2D eigenvalue weighted by molar-refractivity contribution is 0.400. The maximum atomic E-state index is 13.6. The second kappa shape index (κ2) is 7.13. The van der Waals surface area contributed by atoms with Gasteiger partial charge in [0.15, 0.2) is 0 Å². The van der Waals surface area contributed by atoms with Gasteiger partial charge in [0.2, 0.25) is 5.95 Å². The van der Waals surface area contributed by atoms with E-state index in [1.807, 2.05) is 14.1 Å². The maximum Gasteiger partial charge on any atom is 0.229 e. The Bertz CT molecular complexity index is 626. The highest BCUT2D eigenvalue weighted by Crippen LogP contribution is 2.22. The van der Waals surface area contributed by atoms with Crippen LogP contribution in [0.4, 0.5) is 26.2 Å². The number of benzene rings is 1. The summed E-state index contributed by atoms with van der Waals surface area (Å²) < 4.78 is 27.1. The van der Waals surface area contributed by atoms with Crippen LogP contribution in [0.2, 0.25) is 0 Å². The number of para-hydroxylation sites is 1. The number of nitrogen functional groups attached to an aromatic ring is 1. The number of aromatic nitrogens is 2. The molecule has 1 heterocycles. The van der Waals surface area contributed by atoms with Gasteiger partial charge in [-0.25, -0.2) is 13.8 Å². The Morgan fingerprint density at radius 2 is 1.91 bits per heavy atom. The predicted molar refractivity (Wildman–Crippen MR) is 83.0 cm³/mol. The molecular formula is C15H19F2N5. The molecule has 118 valence electrons. The quantitative estimate of drug-likeness (QED) is 0.858. The minimum Gasteiger partial charge on any atom is -0.383 e. The molecule has 0 bridgehead atoms. The summed E-state index contributed by atoms with van der Waals surface area (Å²) in [5.74, 6) is -1.04. The topological polar surface area (TPSA) is 67.1 Å². The van der Waals surface area contributed by atoms with Crippen molar-refractivity contribution in [3.8, 4) is 0 Å². The maximum absolute atomic E-state index is 13.6. The zero-order valence-electron chi connectivity index (χ0n) is 12.6. The van der Waals surface area contributed by atoms with E-state index in [2.05, 4.69) is 20.2 Å². The SMILES string of the molecule is CN(C)CCCc1cnc(Nc2c(F)cccc2F)nc1N. The molecule has 1 aromatic carbocycles. The van der Waals surface area contributed by atoms with Crippen LogP contribution in [0.5, 0.6) is 0 Å². The van der Waals surface area contributed by atoms with E-state index in [0.29, 0.717) is 5.82 Å². The highest BCUT2D eigenvalue weighted by molar-refractivity contribution is 5.56. The number of hydrogen-bond donors (Lipinski definition) is 2. The first-order valence-electron chi connectivity index (χ1n) is 6.94. The number of aryl methyl sites for hydroxylation is 1. The van der Waals surface area contributed by atoms with Gasteiger partial charge in [0, 0.05) is 11.8 Å². The Hall–Kier alpha value is -2.28. The van der Waals surface area contributed by atoms with E-state index in [9.17, 15) is 8.78 Å². The van der Waals surface area contributed by atoms with Gasteiger partial charge >= 0.3 is 0 Å². The van der Waals surface area contributed by atoms with Crippen molar-refractivity contribution < 1.29 is 8.78 Å². The normalized spacial score (nSPS) is 11.0. The van der Waals surface area contributed by atoms with Gasteiger partial charge in [-0.05, 0) is 45.6 Å². The van der Waals surface area contributed by atoms with Gasteiger partial charge in [-0.15, -0.1) is 0 Å². The average Bonchev–Trinajstić information content (AvgIpc) is 2.45. The van der Waals surface area contributed by atoms with Gasteiger partial charge < -0.3 is 16.0 Å². The molecule has 0 aliphatic heterocycles. The molecule has 2 rings (SSSR count). The van der Waals surface area contributed by atoms with Crippen molar-refractivity contribution in [2.75, 3.05) is 31.7 Å². The third-order valence-electron chi connectivity index (χ3n) is 3.15. The number of rotatable bonds is 6. The molecule has 22 heavy (non-hydrogen) atoms. The van der Waals surface area contributed by atoms with E-state index in [0.717, 1.165) is 37.1 Å². The molecule has 0 fully saturated rings. The smallest absolute Gasteiger partial charge is 0.229 e. The molecule has 1 aromatic heterocycles. The Morgan fingerprint density at radius 3 is 2.50 bits per heavy atom.